The van der Waals surface area contributed by atoms with Crippen molar-refractivity contribution < 1.29 is 27.4 Å². The molecule has 8 nitrogen and oxygen atoms in total. The Bertz CT molecular complexity index is 976. The Morgan fingerprint density at radius 3 is 2.48 bits per heavy atom. The van der Waals surface area contributed by atoms with Crippen molar-refractivity contribution >= 4 is 15.9 Å². The molecule has 0 unspecified atom stereocenters. The number of sulfonamides is 1. The van der Waals surface area contributed by atoms with Gasteiger partial charge in [0.1, 0.15) is 19.0 Å². The zero-order valence-corrected chi connectivity index (χ0v) is 18.4. The SMILES string of the molecule is COc1ccc(CNC(=O)CCCCCNS(=O)(=O)c2ccc3c(c2)OCCO3)cc1. The summed E-state index contributed by atoms with van der Waals surface area (Å²) in [4.78, 5) is 12.1. The molecule has 31 heavy (non-hydrogen) atoms. The largest absolute Gasteiger partial charge is 0.497 e. The highest BCUT2D eigenvalue weighted by Crippen LogP contribution is 2.32. The molecule has 168 valence electrons. The first-order valence-electron chi connectivity index (χ1n) is 10.3. The molecular formula is C22H28N2O6S. The number of unbranched alkanes of at least 4 members (excludes halogenated alkanes) is 2. The molecular weight excluding hydrogens is 420 g/mol. The van der Waals surface area contributed by atoms with Gasteiger partial charge in [0.15, 0.2) is 11.5 Å². The zero-order chi connectivity index (χ0) is 22.1. The van der Waals surface area contributed by atoms with Crippen LogP contribution in [-0.2, 0) is 21.4 Å². The topological polar surface area (TPSA) is 103 Å². The fraction of sp³-hybridized carbons (Fsp3) is 0.409. The second kappa shape index (κ2) is 11.0. The molecule has 0 radical (unpaired) electrons. The first-order valence-corrected chi connectivity index (χ1v) is 11.8. The maximum Gasteiger partial charge on any atom is 0.240 e. The second-order valence-electron chi connectivity index (χ2n) is 7.14. The Kier molecular flexibility index (Phi) is 8.13. The van der Waals surface area contributed by atoms with E-state index in [0.29, 0.717) is 57.1 Å². The van der Waals surface area contributed by atoms with E-state index in [2.05, 4.69) is 10.0 Å². The summed E-state index contributed by atoms with van der Waals surface area (Å²) < 4.78 is 43.4. The number of ether oxygens (including phenoxy) is 3. The van der Waals surface area contributed by atoms with Crippen LogP contribution in [0.2, 0.25) is 0 Å². The fourth-order valence-corrected chi connectivity index (χ4v) is 4.19. The lowest BCUT2D eigenvalue weighted by atomic mass is 10.2. The average Bonchev–Trinajstić information content (AvgIpc) is 2.80. The van der Waals surface area contributed by atoms with Crippen LogP contribution in [-0.4, -0.2) is 41.2 Å². The van der Waals surface area contributed by atoms with Crippen LogP contribution in [0, 0.1) is 0 Å². The molecule has 0 saturated carbocycles. The molecule has 0 aliphatic carbocycles. The summed E-state index contributed by atoms with van der Waals surface area (Å²) in [7, 11) is -2.00. The fourth-order valence-electron chi connectivity index (χ4n) is 3.10. The number of amides is 1. The van der Waals surface area contributed by atoms with Gasteiger partial charge in [0.05, 0.1) is 12.0 Å². The standard InChI is InChI=1S/C22H28N2O6S/c1-28-18-8-6-17(7-9-18)16-23-22(25)5-3-2-4-12-24-31(26,27)19-10-11-20-21(15-19)30-14-13-29-20/h6-11,15,24H,2-5,12-14,16H2,1H3,(H,23,25). The van der Waals surface area contributed by atoms with E-state index in [4.69, 9.17) is 14.2 Å². The predicted molar refractivity (Wildman–Crippen MR) is 116 cm³/mol. The highest BCUT2D eigenvalue weighted by molar-refractivity contribution is 7.89. The molecule has 0 bridgehead atoms. The van der Waals surface area contributed by atoms with Crippen LogP contribution in [0.3, 0.4) is 0 Å². The van der Waals surface area contributed by atoms with Crippen LogP contribution in [0.5, 0.6) is 17.2 Å². The average molecular weight is 449 g/mol. The molecule has 1 aliphatic heterocycles. The highest BCUT2D eigenvalue weighted by atomic mass is 32.2. The van der Waals surface area contributed by atoms with Crippen molar-refractivity contribution in [2.45, 2.75) is 37.1 Å². The number of carbonyl (C=O) groups excluding carboxylic acids is 1. The van der Waals surface area contributed by atoms with Crippen LogP contribution in [0.4, 0.5) is 0 Å². The number of rotatable bonds is 11. The van der Waals surface area contributed by atoms with Gasteiger partial charge in [-0.15, -0.1) is 0 Å². The van der Waals surface area contributed by atoms with Gasteiger partial charge in [-0.2, -0.15) is 0 Å². The molecule has 0 spiro atoms. The minimum Gasteiger partial charge on any atom is -0.497 e. The third-order valence-electron chi connectivity index (χ3n) is 4.85. The van der Waals surface area contributed by atoms with Crippen molar-refractivity contribution in [2.24, 2.45) is 0 Å². The number of carbonyl (C=O) groups is 1. The predicted octanol–water partition coefficient (Wildman–Crippen LogP) is 2.62. The smallest absolute Gasteiger partial charge is 0.240 e. The summed E-state index contributed by atoms with van der Waals surface area (Å²) in [6, 6.07) is 12.1. The molecule has 0 fully saturated rings. The molecule has 2 aromatic rings. The van der Waals surface area contributed by atoms with Crippen molar-refractivity contribution in [1.29, 1.82) is 0 Å². The van der Waals surface area contributed by atoms with E-state index < -0.39 is 10.0 Å². The summed E-state index contributed by atoms with van der Waals surface area (Å²) >= 11 is 0. The Morgan fingerprint density at radius 2 is 1.74 bits per heavy atom. The van der Waals surface area contributed by atoms with Gasteiger partial charge in [-0.3, -0.25) is 4.79 Å². The number of fused-ring (bicyclic) bond motifs is 1. The van der Waals surface area contributed by atoms with Crippen molar-refractivity contribution in [3.05, 3.63) is 48.0 Å². The van der Waals surface area contributed by atoms with Crippen molar-refractivity contribution in [2.75, 3.05) is 26.9 Å². The summed E-state index contributed by atoms with van der Waals surface area (Å²) in [5.74, 6) is 1.75. The van der Waals surface area contributed by atoms with Crippen LogP contribution < -0.4 is 24.2 Å². The first kappa shape index (κ1) is 22.9. The van der Waals surface area contributed by atoms with Gasteiger partial charge in [-0.1, -0.05) is 18.6 Å². The van der Waals surface area contributed by atoms with E-state index >= 15 is 0 Å². The van der Waals surface area contributed by atoms with E-state index in [1.54, 1.807) is 13.2 Å². The van der Waals surface area contributed by atoms with E-state index in [9.17, 15) is 13.2 Å². The van der Waals surface area contributed by atoms with Gasteiger partial charge in [0.2, 0.25) is 15.9 Å². The lowest BCUT2D eigenvalue weighted by Crippen LogP contribution is -2.25. The quantitative estimate of drug-likeness (QED) is 0.512. The van der Waals surface area contributed by atoms with Crippen LogP contribution in [0.15, 0.2) is 47.4 Å². The number of methoxy groups -OCH3 is 1. The zero-order valence-electron chi connectivity index (χ0n) is 17.6. The maximum atomic E-state index is 12.4. The first-order chi connectivity index (χ1) is 15.0. The normalized spacial score (nSPS) is 12.9. The Morgan fingerprint density at radius 1 is 1.00 bits per heavy atom. The summed E-state index contributed by atoms with van der Waals surface area (Å²) in [5.41, 5.74) is 1.00. The minimum absolute atomic E-state index is 0.0207. The Hall–Kier alpha value is -2.78. The van der Waals surface area contributed by atoms with Crippen LogP contribution >= 0.6 is 0 Å². The molecule has 9 heteroatoms. The van der Waals surface area contributed by atoms with E-state index in [-0.39, 0.29) is 10.8 Å². The molecule has 0 saturated heterocycles. The molecule has 2 N–H and O–H groups in total. The van der Waals surface area contributed by atoms with Crippen molar-refractivity contribution in [1.82, 2.24) is 10.0 Å². The van der Waals surface area contributed by atoms with Gasteiger partial charge >= 0.3 is 0 Å². The van der Waals surface area contributed by atoms with Crippen molar-refractivity contribution in [3.63, 3.8) is 0 Å². The lowest BCUT2D eigenvalue weighted by Gasteiger charge is -2.18. The van der Waals surface area contributed by atoms with Gasteiger partial charge < -0.3 is 19.5 Å². The Balaban J connectivity index is 1.32. The lowest BCUT2D eigenvalue weighted by molar-refractivity contribution is -0.121. The molecule has 1 heterocycles. The molecule has 0 atom stereocenters. The second-order valence-corrected chi connectivity index (χ2v) is 8.91. The third kappa shape index (κ3) is 6.86. The van der Waals surface area contributed by atoms with E-state index in [1.807, 2.05) is 24.3 Å². The maximum absolute atomic E-state index is 12.4. The monoisotopic (exact) mass is 448 g/mol. The van der Waals surface area contributed by atoms with E-state index in [0.717, 1.165) is 17.7 Å². The highest BCUT2D eigenvalue weighted by Gasteiger charge is 2.18. The minimum atomic E-state index is -3.62. The number of hydrogen-bond acceptors (Lipinski definition) is 6. The van der Waals surface area contributed by atoms with Crippen molar-refractivity contribution in [3.8, 4) is 17.2 Å². The summed E-state index contributed by atoms with van der Waals surface area (Å²) in [6.45, 7) is 1.64. The number of nitrogens with one attached hydrogen (secondary N) is 2. The summed E-state index contributed by atoms with van der Waals surface area (Å²) in [5, 5.41) is 2.88. The van der Waals surface area contributed by atoms with E-state index in [1.165, 1.54) is 12.1 Å². The Labute approximate surface area is 182 Å². The third-order valence-corrected chi connectivity index (χ3v) is 6.30. The van der Waals surface area contributed by atoms with Gasteiger partial charge in [0.25, 0.3) is 0 Å². The van der Waals surface area contributed by atoms with Gasteiger partial charge in [-0.25, -0.2) is 13.1 Å². The molecule has 3 rings (SSSR count). The molecule has 1 aliphatic rings. The van der Waals surface area contributed by atoms with Crippen LogP contribution in [0.1, 0.15) is 31.2 Å². The molecule has 1 amide bonds. The van der Waals surface area contributed by atoms with Gasteiger partial charge in [0, 0.05) is 25.6 Å². The number of hydrogen-bond donors (Lipinski definition) is 2. The molecule has 2 aromatic carbocycles. The van der Waals surface area contributed by atoms with Crippen LogP contribution in [0.25, 0.3) is 0 Å². The summed E-state index contributed by atoms with van der Waals surface area (Å²) in [6.07, 6.45) is 2.50. The molecule has 0 aromatic heterocycles. The number of benzene rings is 2. The van der Waals surface area contributed by atoms with Gasteiger partial charge in [-0.05, 0) is 42.7 Å².